The van der Waals surface area contributed by atoms with E-state index >= 15 is 0 Å². The Bertz CT molecular complexity index is 642. The Hall–Kier alpha value is -1.30. The van der Waals surface area contributed by atoms with Crippen LogP contribution >= 0.6 is 22.6 Å². The van der Waals surface area contributed by atoms with Gasteiger partial charge in [-0.05, 0) is 77.9 Å². The van der Waals surface area contributed by atoms with Crippen molar-refractivity contribution in [3.63, 3.8) is 0 Å². The van der Waals surface area contributed by atoms with E-state index in [1.54, 1.807) is 13.8 Å². The molecule has 0 aliphatic heterocycles. The molecule has 2 rings (SSSR count). The molecule has 1 nitrogen and oxygen atoms in total. The van der Waals surface area contributed by atoms with E-state index in [-0.39, 0.29) is 17.4 Å². The van der Waals surface area contributed by atoms with Gasteiger partial charge in [-0.2, -0.15) is 0 Å². The average molecular weight is 372 g/mol. The lowest BCUT2D eigenvalue weighted by Crippen LogP contribution is -2.06. The van der Waals surface area contributed by atoms with Gasteiger partial charge in [-0.25, -0.2) is 8.78 Å². The molecule has 4 heteroatoms. The summed E-state index contributed by atoms with van der Waals surface area (Å²) in [5, 5.41) is 0. The highest BCUT2D eigenvalue weighted by Gasteiger charge is 2.15. The van der Waals surface area contributed by atoms with Gasteiger partial charge >= 0.3 is 0 Å². The summed E-state index contributed by atoms with van der Waals surface area (Å²) in [5.74, 6) is -0.909. The second-order valence-corrected chi connectivity index (χ2v) is 5.54. The Morgan fingerprint density at radius 3 is 2.16 bits per heavy atom. The fraction of sp³-hybridized carbons (Fsp3) is 0.133. The molecule has 0 amide bonds. The first kappa shape index (κ1) is 14.1. The lowest BCUT2D eigenvalue weighted by molar-refractivity contribution is 0.103. The maximum atomic E-state index is 13.5. The van der Waals surface area contributed by atoms with E-state index in [4.69, 9.17) is 0 Å². The summed E-state index contributed by atoms with van der Waals surface area (Å²) in [6.45, 7) is 3.24. The Balaban J connectivity index is 2.50. The van der Waals surface area contributed by atoms with Gasteiger partial charge in [0.15, 0.2) is 5.78 Å². The number of ketones is 1. The van der Waals surface area contributed by atoms with Gasteiger partial charge in [0.05, 0.1) is 0 Å². The number of halogens is 3. The quantitative estimate of drug-likeness (QED) is 0.564. The van der Waals surface area contributed by atoms with Gasteiger partial charge in [0.1, 0.15) is 11.6 Å². The van der Waals surface area contributed by atoms with Crippen LogP contribution in [0.4, 0.5) is 8.78 Å². The molecule has 0 aromatic heterocycles. The standard InChI is InChI=1S/C15H11F2IO/c1-8-5-10(6-9(2)14(8)17)15(19)12-4-3-11(16)7-13(12)18/h3-7H,1-2H3. The molecule has 0 atom stereocenters. The van der Waals surface area contributed by atoms with Crippen LogP contribution in [-0.4, -0.2) is 5.78 Å². The highest BCUT2D eigenvalue weighted by molar-refractivity contribution is 14.1. The Morgan fingerprint density at radius 2 is 1.63 bits per heavy atom. The van der Waals surface area contributed by atoms with Crippen molar-refractivity contribution in [3.8, 4) is 0 Å². The van der Waals surface area contributed by atoms with Crippen molar-refractivity contribution in [3.05, 3.63) is 67.8 Å². The molecule has 0 fully saturated rings. The van der Waals surface area contributed by atoms with E-state index in [0.717, 1.165) is 0 Å². The summed E-state index contributed by atoms with van der Waals surface area (Å²) in [6, 6.07) is 7.04. The molecule has 0 radical (unpaired) electrons. The minimum absolute atomic E-state index is 0.226. The summed E-state index contributed by atoms with van der Waals surface area (Å²) in [5.41, 5.74) is 1.70. The first-order valence-corrected chi connectivity index (χ1v) is 6.74. The van der Waals surface area contributed by atoms with Gasteiger partial charge in [-0.1, -0.05) is 0 Å². The highest BCUT2D eigenvalue weighted by Crippen LogP contribution is 2.21. The average Bonchev–Trinajstić information content (AvgIpc) is 2.34. The Morgan fingerprint density at radius 1 is 1.05 bits per heavy atom. The molecule has 0 heterocycles. The van der Waals surface area contributed by atoms with Crippen LogP contribution in [0.2, 0.25) is 0 Å². The van der Waals surface area contributed by atoms with Crippen molar-refractivity contribution in [2.75, 3.05) is 0 Å². The second-order valence-electron chi connectivity index (χ2n) is 4.38. The van der Waals surface area contributed by atoms with Gasteiger partial charge < -0.3 is 0 Å². The van der Waals surface area contributed by atoms with Crippen LogP contribution in [0.5, 0.6) is 0 Å². The minimum atomic E-state index is -0.382. The number of hydrogen-bond acceptors (Lipinski definition) is 1. The summed E-state index contributed by atoms with van der Waals surface area (Å²) in [7, 11) is 0. The number of rotatable bonds is 2. The lowest BCUT2D eigenvalue weighted by Gasteiger charge is -2.07. The number of hydrogen-bond donors (Lipinski definition) is 0. The van der Waals surface area contributed by atoms with Crippen LogP contribution in [0.1, 0.15) is 27.0 Å². The van der Waals surface area contributed by atoms with E-state index in [9.17, 15) is 13.6 Å². The van der Waals surface area contributed by atoms with E-state index in [1.165, 1.54) is 30.3 Å². The zero-order valence-electron chi connectivity index (χ0n) is 10.4. The molecule has 0 N–H and O–H groups in total. The maximum Gasteiger partial charge on any atom is 0.194 e. The van der Waals surface area contributed by atoms with Crippen LogP contribution in [0.25, 0.3) is 0 Å². The fourth-order valence-electron chi connectivity index (χ4n) is 1.91. The monoisotopic (exact) mass is 372 g/mol. The molecule has 19 heavy (non-hydrogen) atoms. The molecular formula is C15H11F2IO. The molecule has 0 unspecified atom stereocenters. The topological polar surface area (TPSA) is 17.1 Å². The smallest absolute Gasteiger partial charge is 0.194 e. The van der Waals surface area contributed by atoms with Crippen molar-refractivity contribution < 1.29 is 13.6 Å². The third-order valence-corrected chi connectivity index (χ3v) is 3.77. The van der Waals surface area contributed by atoms with Gasteiger partial charge in [-0.15, -0.1) is 0 Å². The number of benzene rings is 2. The summed E-state index contributed by atoms with van der Waals surface area (Å²) >= 11 is 1.92. The second kappa shape index (κ2) is 5.36. The van der Waals surface area contributed by atoms with Crippen molar-refractivity contribution in [1.29, 1.82) is 0 Å². The molecule has 0 aliphatic carbocycles. The summed E-state index contributed by atoms with van der Waals surface area (Å²) < 4.78 is 27.1. The molecule has 98 valence electrons. The first-order valence-electron chi connectivity index (χ1n) is 5.66. The van der Waals surface area contributed by atoms with Crippen LogP contribution < -0.4 is 0 Å². The summed E-state index contributed by atoms with van der Waals surface area (Å²) in [6.07, 6.45) is 0. The molecule has 0 spiro atoms. The molecule has 2 aromatic carbocycles. The predicted octanol–water partition coefficient (Wildman–Crippen LogP) is 4.42. The van der Waals surface area contributed by atoms with Crippen molar-refractivity contribution in [1.82, 2.24) is 0 Å². The van der Waals surface area contributed by atoms with Crippen molar-refractivity contribution >= 4 is 28.4 Å². The molecule has 2 aromatic rings. The van der Waals surface area contributed by atoms with E-state index in [2.05, 4.69) is 0 Å². The first-order chi connectivity index (χ1) is 8.90. The molecule has 0 bridgehead atoms. The highest BCUT2D eigenvalue weighted by atomic mass is 127. The zero-order valence-corrected chi connectivity index (χ0v) is 12.6. The molecule has 0 aliphatic rings. The van der Waals surface area contributed by atoms with E-state index in [1.807, 2.05) is 22.6 Å². The van der Waals surface area contributed by atoms with Gasteiger partial charge in [0.2, 0.25) is 0 Å². The minimum Gasteiger partial charge on any atom is -0.289 e. The number of aryl methyl sites for hydroxylation is 2. The van der Waals surface area contributed by atoms with E-state index in [0.29, 0.717) is 25.8 Å². The largest absolute Gasteiger partial charge is 0.289 e. The van der Waals surface area contributed by atoms with Crippen molar-refractivity contribution in [2.45, 2.75) is 13.8 Å². The predicted molar refractivity (Wildman–Crippen MR) is 78.4 cm³/mol. The van der Waals surface area contributed by atoms with Gasteiger partial charge in [0.25, 0.3) is 0 Å². The normalized spacial score (nSPS) is 10.6. The zero-order chi connectivity index (χ0) is 14.2. The van der Waals surface area contributed by atoms with Crippen LogP contribution in [0.3, 0.4) is 0 Å². The van der Waals surface area contributed by atoms with Gasteiger partial charge in [-0.3, -0.25) is 4.79 Å². The third-order valence-electron chi connectivity index (χ3n) is 2.87. The van der Waals surface area contributed by atoms with Crippen LogP contribution in [0, 0.1) is 29.1 Å². The lowest BCUT2D eigenvalue weighted by atomic mass is 9.99. The van der Waals surface area contributed by atoms with E-state index < -0.39 is 0 Å². The fourth-order valence-corrected chi connectivity index (χ4v) is 2.63. The third kappa shape index (κ3) is 2.83. The number of carbonyl (C=O) groups excluding carboxylic acids is 1. The Kier molecular flexibility index (Phi) is 3.99. The molecule has 0 saturated carbocycles. The molecule has 0 saturated heterocycles. The van der Waals surface area contributed by atoms with Crippen molar-refractivity contribution in [2.24, 2.45) is 0 Å². The SMILES string of the molecule is Cc1cc(C(=O)c2ccc(F)cc2I)cc(C)c1F. The Labute approximate surface area is 123 Å². The van der Waals surface area contributed by atoms with Crippen LogP contribution in [0.15, 0.2) is 30.3 Å². The summed E-state index contributed by atoms with van der Waals surface area (Å²) in [4.78, 5) is 12.3. The molecular weight excluding hydrogens is 361 g/mol. The number of carbonyl (C=O) groups is 1. The maximum absolute atomic E-state index is 13.5. The van der Waals surface area contributed by atoms with Gasteiger partial charge in [0, 0.05) is 14.7 Å². The van der Waals surface area contributed by atoms with Crippen LogP contribution in [-0.2, 0) is 0 Å².